The number of rotatable bonds is 9. The van der Waals surface area contributed by atoms with Crippen molar-refractivity contribution in [1.29, 1.82) is 5.26 Å². The van der Waals surface area contributed by atoms with Gasteiger partial charge in [-0.2, -0.15) is 5.26 Å². The van der Waals surface area contributed by atoms with Crippen molar-refractivity contribution in [1.82, 2.24) is 15.2 Å². The van der Waals surface area contributed by atoms with Crippen LogP contribution >= 0.6 is 11.6 Å². The number of likely N-dealkylation sites (tertiary alicyclic amines) is 1. The summed E-state index contributed by atoms with van der Waals surface area (Å²) < 4.78 is 12.4. The van der Waals surface area contributed by atoms with Gasteiger partial charge in [0, 0.05) is 42.5 Å². The molecule has 9 nitrogen and oxygen atoms in total. The van der Waals surface area contributed by atoms with E-state index in [1.165, 1.54) is 0 Å². The number of piperidine rings is 2. The SMILES string of the molecule is CN1CCC(Oc2cc3ncc(C#N)c(Nc4ccc(OCc5ccccc5)c(Cl)c4)c3cc2NC(=O)C=C2CCNCC2)CC1. The summed E-state index contributed by atoms with van der Waals surface area (Å²) in [6, 6.07) is 21.2. The van der Waals surface area contributed by atoms with Gasteiger partial charge in [0.05, 0.1) is 27.5 Å². The Labute approximate surface area is 274 Å². The molecule has 3 heterocycles. The Morgan fingerprint density at radius 3 is 2.63 bits per heavy atom. The first kappa shape index (κ1) is 31.4. The average Bonchev–Trinajstić information content (AvgIpc) is 3.07. The molecule has 1 amide bonds. The number of pyridine rings is 1. The monoisotopic (exact) mass is 636 g/mol. The topological polar surface area (TPSA) is 112 Å². The van der Waals surface area contributed by atoms with Crippen molar-refractivity contribution in [3.8, 4) is 17.6 Å². The van der Waals surface area contributed by atoms with Gasteiger partial charge < -0.3 is 30.3 Å². The zero-order valence-corrected chi connectivity index (χ0v) is 26.6. The molecule has 3 aromatic carbocycles. The van der Waals surface area contributed by atoms with E-state index in [0.717, 1.165) is 63.0 Å². The summed E-state index contributed by atoms with van der Waals surface area (Å²) in [5.41, 5.74) is 4.90. The predicted molar refractivity (Wildman–Crippen MR) is 182 cm³/mol. The van der Waals surface area contributed by atoms with Gasteiger partial charge in [0.15, 0.2) is 0 Å². The van der Waals surface area contributed by atoms with Crippen molar-refractivity contribution >= 4 is 45.5 Å². The predicted octanol–water partition coefficient (Wildman–Crippen LogP) is 6.80. The molecule has 236 valence electrons. The van der Waals surface area contributed by atoms with E-state index in [4.69, 9.17) is 21.1 Å². The lowest BCUT2D eigenvalue weighted by Crippen LogP contribution is -2.35. The highest BCUT2D eigenvalue weighted by Gasteiger charge is 2.22. The van der Waals surface area contributed by atoms with Crippen molar-refractivity contribution < 1.29 is 14.3 Å². The highest BCUT2D eigenvalue weighted by molar-refractivity contribution is 6.32. The van der Waals surface area contributed by atoms with Crippen LogP contribution in [-0.4, -0.2) is 55.1 Å². The summed E-state index contributed by atoms with van der Waals surface area (Å²) in [5, 5.41) is 20.9. The number of hydrogen-bond donors (Lipinski definition) is 3. The second kappa shape index (κ2) is 14.6. The molecule has 0 unspecified atom stereocenters. The zero-order chi connectivity index (χ0) is 31.9. The lowest BCUT2D eigenvalue weighted by atomic mass is 10.0. The molecular weight excluding hydrogens is 600 g/mol. The number of carbonyl (C=O) groups is 1. The first-order valence-corrected chi connectivity index (χ1v) is 16.0. The molecule has 0 saturated carbocycles. The van der Waals surface area contributed by atoms with Crippen LogP contribution < -0.4 is 25.4 Å². The number of fused-ring (bicyclic) bond motifs is 1. The Kier molecular flexibility index (Phi) is 9.99. The lowest BCUT2D eigenvalue weighted by molar-refractivity contribution is -0.112. The maximum Gasteiger partial charge on any atom is 0.248 e. The summed E-state index contributed by atoms with van der Waals surface area (Å²) in [6.45, 7) is 4.00. The van der Waals surface area contributed by atoms with E-state index in [-0.39, 0.29) is 12.0 Å². The third kappa shape index (κ3) is 7.77. The molecule has 4 aromatic rings. The van der Waals surface area contributed by atoms with Gasteiger partial charge in [-0.1, -0.05) is 47.5 Å². The Hall–Kier alpha value is -4.62. The summed E-state index contributed by atoms with van der Waals surface area (Å²) in [4.78, 5) is 20.1. The van der Waals surface area contributed by atoms with Crippen LogP contribution in [0, 0.1) is 11.3 Å². The van der Waals surface area contributed by atoms with Gasteiger partial charge in [-0.15, -0.1) is 0 Å². The Bertz CT molecular complexity index is 1770. The molecule has 0 atom stereocenters. The van der Waals surface area contributed by atoms with E-state index in [1.807, 2.05) is 48.5 Å². The van der Waals surface area contributed by atoms with Crippen LogP contribution in [0.5, 0.6) is 11.5 Å². The molecule has 1 aromatic heterocycles. The van der Waals surface area contributed by atoms with Crippen molar-refractivity contribution in [3.63, 3.8) is 0 Å². The largest absolute Gasteiger partial charge is 0.488 e. The summed E-state index contributed by atoms with van der Waals surface area (Å²) in [7, 11) is 2.11. The standard InChI is InChI=1S/C36H37ClN6O3/c1-43-15-11-28(12-16-43)46-34-20-31-29(19-32(34)42-35(44)17-24-9-13-39-14-10-24)36(26(21-38)22-40-31)41-27-7-8-33(30(37)18-27)45-23-25-5-3-2-4-6-25/h2-8,17-20,22,28,39H,9-16,23H2,1H3,(H,40,41)(H,42,44). The maximum absolute atomic E-state index is 13.2. The number of benzene rings is 3. The van der Waals surface area contributed by atoms with Gasteiger partial charge in [-0.25, -0.2) is 0 Å². The maximum atomic E-state index is 13.2. The summed E-state index contributed by atoms with van der Waals surface area (Å²) >= 11 is 6.62. The van der Waals surface area contributed by atoms with Crippen molar-refractivity contribution in [2.45, 2.75) is 38.4 Å². The molecule has 10 heteroatoms. The van der Waals surface area contributed by atoms with Crippen LogP contribution in [0.15, 0.2) is 78.5 Å². The minimum absolute atomic E-state index is 0.0211. The van der Waals surface area contributed by atoms with Gasteiger partial charge >= 0.3 is 0 Å². The molecule has 46 heavy (non-hydrogen) atoms. The molecule has 2 aliphatic heterocycles. The van der Waals surface area contributed by atoms with E-state index in [9.17, 15) is 10.1 Å². The first-order chi connectivity index (χ1) is 22.4. The van der Waals surface area contributed by atoms with Crippen molar-refractivity contribution in [3.05, 3.63) is 94.7 Å². The molecule has 0 spiro atoms. The highest BCUT2D eigenvalue weighted by Crippen LogP contribution is 2.38. The molecule has 0 radical (unpaired) electrons. The molecule has 6 rings (SSSR count). The van der Waals surface area contributed by atoms with Crippen LogP contribution in [0.25, 0.3) is 10.9 Å². The highest BCUT2D eigenvalue weighted by atomic mass is 35.5. The number of halogens is 1. The van der Waals surface area contributed by atoms with Gasteiger partial charge in [-0.3, -0.25) is 9.78 Å². The van der Waals surface area contributed by atoms with Crippen molar-refractivity contribution in [2.24, 2.45) is 0 Å². The molecule has 3 N–H and O–H groups in total. The molecule has 0 aliphatic carbocycles. The number of ether oxygens (including phenoxy) is 2. The van der Waals surface area contributed by atoms with Gasteiger partial charge in [0.25, 0.3) is 0 Å². The minimum Gasteiger partial charge on any atom is -0.488 e. The van der Waals surface area contributed by atoms with Crippen molar-refractivity contribution in [2.75, 3.05) is 43.9 Å². The third-order valence-corrected chi connectivity index (χ3v) is 8.62. The number of nitrogens with one attached hydrogen (secondary N) is 3. The van der Waals surface area contributed by atoms with E-state index < -0.39 is 0 Å². The fraction of sp³-hybridized carbons (Fsp3) is 0.306. The number of amides is 1. The van der Waals surface area contributed by atoms with Crippen LogP contribution in [0.2, 0.25) is 5.02 Å². The van der Waals surface area contributed by atoms with Crippen LogP contribution in [0.1, 0.15) is 36.8 Å². The van der Waals surface area contributed by atoms with E-state index in [1.54, 1.807) is 24.4 Å². The normalized spacial score (nSPS) is 15.6. The number of nitriles is 1. The van der Waals surface area contributed by atoms with Gasteiger partial charge in [0.1, 0.15) is 30.3 Å². The van der Waals surface area contributed by atoms with E-state index in [0.29, 0.717) is 56.7 Å². The molecule has 0 bridgehead atoms. The quantitative estimate of drug-likeness (QED) is 0.172. The van der Waals surface area contributed by atoms with Crippen LogP contribution in [0.3, 0.4) is 0 Å². The molecule has 2 saturated heterocycles. The Morgan fingerprint density at radius 1 is 1.11 bits per heavy atom. The van der Waals surface area contributed by atoms with E-state index >= 15 is 0 Å². The lowest BCUT2D eigenvalue weighted by Gasteiger charge is -2.30. The first-order valence-electron chi connectivity index (χ1n) is 15.6. The molecule has 2 aliphatic rings. The smallest absolute Gasteiger partial charge is 0.248 e. The number of carbonyl (C=O) groups excluding carboxylic acids is 1. The number of nitrogens with zero attached hydrogens (tertiary/aromatic N) is 3. The summed E-state index contributed by atoms with van der Waals surface area (Å²) in [5.74, 6) is 0.909. The van der Waals surface area contributed by atoms with Gasteiger partial charge in [-0.05, 0) is 75.6 Å². The number of aromatic nitrogens is 1. The zero-order valence-electron chi connectivity index (χ0n) is 25.8. The average molecular weight is 637 g/mol. The molecular formula is C36H37ClN6O3. The number of hydrogen-bond acceptors (Lipinski definition) is 8. The fourth-order valence-electron chi connectivity index (χ4n) is 5.74. The van der Waals surface area contributed by atoms with Crippen LogP contribution in [0.4, 0.5) is 17.1 Å². The minimum atomic E-state index is -0.207. The molecule has 2 fully saturated rings. The third-order valence-electron chi connectivity index (χ3n) is 8.33. The summed E-state index contributed by atoms with van der Waals surface area (Å²) in [6.07, 6.45) is 6.71. The second-order valence-corrected chi connectivity index (χ2v) is 12.1. The van der Waals surface area contributed by atoms with Gasteiger partial charge in [0.2, 0.25) is 5.91 Å². The Morgan fingerprint density at radius 2 is 1.89 bits per heavy atom. The Balaban J connectivity index is 1.31. The second-order valence-electron chi connectivity index (χ2n) is 11.7. The van der Waals surface area contributed by atoms with E-state index in [2.05, 4.69) is 39.0 Å². The fourth-order valence-corrected chi connectivity index (χ4v) is 5.97. The van der Waals surface area contributed by atoms with Crippen LogP contribution in [-0.2, 0) is 11.4 Å². The number of anilines is 3.